The molecule has 66 heavy (non-hydrogen) atoms. The molecule has 2 heterocycles. The van der Waals surface area contributed by atoms with Gasteiger partial charge in [-0.3, -0.25) is 4.99 Å². The van der Waals surface area contributed by atoms with Gasteiger partial charge in [0.25, 0.3) is 0 Å². The molecule has 9 aromatic carbocycles. The van der Waals surface area contributed by atoms with Crippen molar-refractivity contribution < 1.29 is 0 Å². The highest BCUT2D eigenvalue weighted by molar-refractivity contribution is 6.12. The SMILES string of the molecule is C=C(/C=C(\N=C(C)c1ccccc1)c1ccccc1)c1cc(-n2c3ccccc3c3ccccc32)cc(-n2c3ccccc3c3cc(-c4ccc(CC)c(-c5ccccc5C)c4)ccc32)c1. The van der Waals surface area contributed by atoms with Crippen LogP contribution in [0, 0.1) is 6.92 Å². The minimum atomic E-state index is 0.854. The summed E-state index contributed by atoms with van der Waals surface area (Å²) in [6.07, 6.45) is 3.12. The molecule has 3 heteroatoms. The van der Waals surface area contributed by atoms with Crippen LogP contribution in [-0.2, 0) is 6.42 Å². The van der Waals surface area contributed by atoms with Gasteiger partial charge < -0.3 is 9.13 Å². The molecule has 316 valence electrons. The fraction of sp³-hybridized carbons (Fsp3) is 0.0635. The molecule has 0 bridgehead atoms. The number of rotatable bonds is 10. The van der Waals surface area contributed by atoms with Crippen LogP contribution >= 0.6 is 0 Å². The number of aliphatic imine (C=N–C) groups is 1. The van der Waals surface area contributed by atoms with Gasteiger partial charge in [0.2, 0.25) is 0 Å². The first kappa shape index (κ1) is 40.5. The lowest BCUT2D eigenvalue weighted by atomic mass is 9.91. The third kappa shape index (κ3) is 7.25. The summed E-state index contributed by atoms with van der Waals surface area (Å²) in [6, 6.07) is 76.6. The van der Waals surface area contributed by atoms with E-state index < -0.39 is 0 Å². The summed E-state index contributed by atoms with van der Waals surface area (Å²) in [5.41, 5.74) is 20.1. The Balaban J connectivity index is 1.13. The number of benzene rings is 9. The van der Waals surface area contributed by atoms with E-state index in [2.05, 4.69) is 236 Å². The van der Waals surface area contributed by atoms with E-state index in [-0.39, 0.29) is 0 Å². The lowest BCUT2D eigenvalue weighted by Gasteiger charge is -2.16. The van der Waals surface area contributed by atoms with Crippen LogP contribution < -0.4 is 0 Å². The van der Waals surface area contributed by atoms with E-state index in [1.807, 2.05) is 12.1 Å². The Bertz CT molecular complexity index is 3660. The molecule has 0 saturated carbocycles. The molecule has 0 spiro atoms. The molecular weight excluding hydrogens is 799 g/mol. The van der Waals surface area contributed by atoms with Gasteiger partial charge in [0, 0.05) is 44.2 Å². The smallest absolute Gasteiger partial charge is 0.0711 e. The van der Waals surface area contributed by atoms with E-state index in [9.17, 15) is 0 Å². The van der Waals surface area contributed by atoms with Crippen LogP contribution in [0.2, 0.25) is 0 Å². The van der Waals surface area contributed by atoms with Crippen molar-refractivity contribution >= 4 is 60.6 Å². The highest BCUT2D eigenvalue weighted by atomic mass is 15.0. The third-order valence-electron chi connectivity index (χ3n) is 13.2. The summed E-state index contributed by atoms with van der Waals surface area (Å²) < 4.78 is 4.84. The van der Waals surface area contributed by atoms with Gasteiger partial charge in [-0.05, 0) is 131 Å². The quantitative estimate of drug-likeness (QED) is 0.0966. The average molecular weight is 848 g/mol. The lowest BCUT2D eigenvalue weighted by Crippen LogP contribution is -2.01. The average Bonchev–Trinajstić information content (AvgIpc) is 3.89. The monoisotopic (exact) mass is 847 g/mol. The van der Waals surface area contributed by atoms with Crippen molar-refractivity contribution in [2.75, 3.05) is 0 Å². The number of aromatic nitrogens is 2. The molecule has 0 amide bonds. The summed E-state index contributed by atoms with van der Waals surface area (Å²) in [7, 11) is 0. The first-order valence-corrected chi connectivity index (χ1v) is 22.9. The maximum Gasteiger partial charge on any atom is 0.0711 e. The van der Waals surface area contributed by atoms with Gasteiger partial charge >= 0.3 is 0 Å². The molecule has 0 aliphatic heterocycles. The van der Waals surface area contributed by atoms with Crippen LogP contribution in [0.5, 0.6) is 0 Å². The van der Waals surface area contributed by atoms with E-state index in [1.165, 1.54) is 54.9 Å². The molecule has 2 aromatic heterocycles. The fourth-order valence-electron chi connectivity index (χ4n) is 9.82. The zero-order valence-corrected chi connectivity index (χ0v) is 37.5. The van der Waals surface area contributed by atoms with Crippen molar-refractivity contribution in [3.8, 4) is 33.6 Å². The van der Waals surface area contributed by atoms with Crippen molar-refractivity contribution in [3.63, 3.8) is 0 Å². The molecule has 0 radical (unpaired) electrons. The normalized spacial score (nSPS) is 12.2. The van der Waals surface area contributed by atoms with Gasteiger partial charge in [0.1, 0.15) is 0 Å². The molecule has 0 saturated heterocycles. The van der Waals surface area contributed by atoms with Crippen molar-refractivity contribution in [2.45, 2.75) is 27.2 Å². The minimum absolute atomic E-state index is 0.854. The summed E-state index contributed by atoms with van der Waals surface area (Å²) >= 11 is 0. The second-order valence-electron chi connectivity index (χ2n) is 17.2. The molecular formula is C63H49N3. The van der Waals surface area contributed by atoms with Gasteiger partial charge in [-0.1, -0.05) is 171 Å². The van der Waals surface area contributed by atoms with Gasteiger partial charge in [-0.25, -0.2) is 0 Å². The molecule has 3 nitrogen and oxygen atoms in total. The third-order valence-corrected chi connectivity index (χ3v) is 13.2. The fourth-order valence-corrected chi connectivity index (χ4v) is 9.82. The predicted octanol–water partition coefficient (Wildman–Crippen LogP) is 16.6. The van der Waals surface area contributed by atoms with Gasteiger partial charge in [-0.15, -0.1) is 0 Å². The van der Waals surface area contributed by atoms with E-state index in [0.29, 0.717) is 0 Å². The summed E-state index contributed by atoms with van der Waals surface area (Å²) in [6.45, 7) is 11.3. The molecule has 0 aliphatic carbocycles. The number of hydrogen-bond donors (Lipinski definition) is 0. The molecule has 11 rings (SSSR count). The van der Waals surface area contributed by atoms with Gasteiger partial charge in [-0.2, -0.15) is 0 Å². The Kier molecular flexibility index (Phi) is 10.4. The second kappa shape index (κ2) is 17.0. The summed E-state index contributed by atoms with van der Waals surface area (Å²) in [4.78, 5) is 5.27. The number of aryl methyl sites for hydroxylation is 2. The molecule has 0 aliphatic rings. The predicted molar refractivity (Wildman–Crippen MR) is 282 cm³/mol. The van der Waals surface area contributed by atoms with Crippen molar-refractivity contribution in [3.05, 3.63) is 253 Å². The Morgan fingerprint density at radius 2 is 0.970 bits per heavy atom. The van der Waals surface area contributed by atoms with Crippen LogP contribution in [0.15, 0.2) is 230 Å². The van der Waals surface area contributed by atoms with Crippen molar-refractivity contribution in [1.29, 1.82) is 0 Å². The standard InChI is InChI=1S/C63H49N3/c1-5-45-32-33-48(39-57(45)53-25-13-12-20-42(53)2)49-34-35-63-58(40-49)56-28-16-19-31-62(56)66(63)52-38-50(37-51(41-52)65-60-29-17-14-26-54(60)55-27-15-18-30-61(55)65)43(3)36-59(47-23-10-7-11-24-47)64-44(4)46-21-8-6-9-22-46/h6-41H,3,5H2,1-2,4H3/b59-36-,64-44?. The largest absolute Gasteiger partial charge is 0.309 e. The second-order valence-corrected chi connectivity index (χ2v) is 17.2. The highest BCUT2D eigenvalue weighted by Crippen LogP contribution is 2.40. The van der Waals surface area contributed by atoms with Crippen molar-refractivity contribution in [1.82, 2.24) is 9.13 Å². The Morgan fingerprint density at radius 1 is 0.470 bits per heavy atom. The van der Waals surface area contributed by atoms with Crippen LogP contribution in [0.3, 0.4) is 0 Å². The Morgan fingerprint density at radius 3 is 1.58 bits per heavy atom. The number of hydrogen-bond acceptors (Lipinski definition) is 1. The van der Waals surface area contributed by atoms with Crippen molar-refractivity contribution in [2.24, 2.45) is 4.99 Å². The van der Waals surface area contributed by atoms with E-state index >= 15 is 0 Å². The Labute approximate surface area is 386 Å². The highest BCUT2D eigenvalue weighted by Gasteiger charge is 2.19. The zero-order chi connectivity index (χ0) is 44.7. The number of allylic oxidation sites excluding steroid dienone is 2. The van der Waals surface area contributed by atoms with E-state index in [0.717, 1.165) is 73.5 Å². The first-order chi connectivity index (χ1) is 32.4. The van der Waals surface area contributed by atoms with Crippen LogP contribution in [0.4, 0.5) is 0 Å². The molecule has 0 fully saturated rings. The van der Waals surface area contributed by atoms with E-state index in [1.54, 1.807) is 0 Å². The molecule has 0 unspecified atom stereocenters. The molecule has 0 atom stereocenters. The first-order valence-electron chi connectivity index (χ1n) is 22.9. The maximum atomic E-state index is 5.27. The topological polar surface area (TPSA) is 22.2 Å². The minimum Gasteiger partial charge on any atom is -0.309 e. The molecule has 0 N–H and O–H groups in total. The van der Waals surface area contributed by atoms with Crippen LogP contribution in [0.25, 0.3) is 88.5 Å². The molecule has 11 aromatic rings. The maximum absolute atomic E-state index is 5.27. The van der Waals surface area contributed by atoms with Crippen LogP contribution in [-0.4, -0.2) is 14.8 Å². The number of para-hydroxylation sites is 3. The van der Waals surface area contributed by atoms with Crippen LogP contribution in [0.1, 0.15) is 41.7 Å². The Hall–Kier alpha value is -8.27. The van der Waals surface area contributed by atoms with Gasteiger partial charge in [0.15, 0.2) is 0 Å². The number of nitrogens with zero attached hydrogens (tertiary/aromatic N) is 3. The van der Waals surface area contributed by atoms with E-state index in [4.69, 9.17) is 11.6 Å². The number of fused-ring (bicyclic) bond motifs is 6. The van der Waals surface area contributed by atoms with Gasteiger partial charge in [0.05, 0.1) is 27.8 Å². The zero-order valence-electron chi connectivity index (χ0n) is 37.5. The lowest BCUT2D eigenvalue weighted by molar-refractivity contribution is 1.13. The summed E-state index contributed by atoms with van der Waals surface area (Å²) in [5, 5.41) is 4.86. The summed E-state index contributed by atoms with van der Waals surface area (Å²) in [5.74, 6) is 0.